The SMILES string of the molecule is CC[C@H](C(=O)NC(C)C)N(Cc1ccc(C)cc1)C(=O)CN(c1ccc(F)cc1)S(=O)(=O)c1ccc2c(c1)OCCO2. The zero-order valence-electron chi connectivity index (χ0n) is 24.2. The Morgan fingerprint density at radius 3 is 2.21 bits per heavy atom. The largest absolute Gasteiger partial charge is 0.486 e. The molecular weight excluding hydrogens is 561 g/mol. The molecule has 1 atom stereocenters. The number of halogens is 1. The van der Waals surface area contributed by atoms with Crippen molar-refractivity contribution < 1.29 is 31.9 Å². The Bertz CT molecular complexity index is 1510. The molecule has 0 bridgehead atoms. The van der Waals surface area contributed by atoms with E-state index in [1.807, 2.05) is 45.0 Å². The number of carbonyl (C=O) groups is 2. The molecule has 0 fully saturated rings. The maximum Gasteiger partial charge on any atom is 0.264 e. The summed E-state index contributed by atoms with van der Waals surface area (Å²) in [5.41, 5.74) is 1.91. The fourth-order valence-electron chi connectivity index (χ4n) is 4.64. The van der Waals surface area contributed by atoms with Crippen LogP contribution in [0.5, 0.6) is 11.5 Å². The molecule has 1 aliphatic heterocycles. The van der Waals surface area contributed by atoms with Gasteiger partial charge in [-0.1, -0.05) is 36.8 Å². The predicted molar refractivity (Wildman–Crippen MR) is 157 cm³/mol. The fourth-order valence-corrected chi connectivity index (χ4v) is 6.07. The summed E-state index contributed by atoms with van der Waals surface area (Å²) in [6.45, 7) is 7.46. The van der Waals surface area contributed by atoms with Crippen LogP contribution in [0.25, 0.3) is 0 Å². The third-order valence-electron chi connectivity index (χ3n) is 6.79. The van der Waals surface area contributed by atoms with E-state index in [-0.39, 0.29) is 41.4 Å². The Labute approximate surface area is 246 Å². The Kier molecular flexibility index (Phi) is 9.72. The number of hydrogen-bond donors (Lipinski definition) is 1. The van der Waals surface area contributed by atoms with Crippen LogP contribution < -0.4 is 19.1 Å². The van der Waals surface area contributed by atoms with E-state index in [2.05, 4.69) is 5.32 Å². The normalized spacial score (nSPS) is 13.4. The number of fused-ring (bicyclic) bond motifs is 1. The van der Waals surface area contributed by atoms with E-state index < -0.39 is 34.3 Å². The molecular formula is C31H36FN3O6S. The predicted octanol–water partition coefficient (Wildman–Crippen LogP) is 4.43. The van der Waals surface area contributed by atoms with Crippen molar-refractivity contribution >= 4 is 27.5 Å². The molecule has 0 radical (unpaired) electrons. The number of nitrogens with one attached hydrogen (secondary N) is 1. The van der Waals surface area contributed by atoms with Crippen molar-refractivity contribution in [2.24, 2.45) is 0 Å². The molecule has 4 rings (SSSR count). The molecule has 2 amide bonds. The van der Waals surface area contributed by atoms with E-state index in [9.17, 15) is 22.4 Å². The second-order valence-corrected chi connectivity index (χ2v) is 12.3. The van der Waals surface area contributed by atoms with Gasteiger partial charge in [0.15, 0.2) is 11.5 Å². The lowest BCUT2D eigenvalue weighted by Crippen LogP contribution is -2.53. The molecule has 0 aromatic heterocycles. The molecule has 11 heteroatoms. The van der Waals surface area contributed by atoms with Gasteiger partial charge in [-0.3, -0.25) is 13.9 Å². The molecule has 0 saturated carbocycles. The van der Waals surface area contributed by atoms with E-state index >= 15 is 0 Å². The van der Waals surface area contributed by atoms with Gasteiger partial charge >= 0.3 is 0 Å². The summed E-state index contributed by atoms with van der Waals surface area (Å²) < 4.78 is 54.0. The number of nitrogens with zero attached hydrogens (tertiary/aromatic N) is 2. The third-order valence-corrected chi connectivity index (χ3v) is 8.56. The average Bonchev–Trinajstić information content (AvgIpc) is 2.96. The summed E-state index contributed by atoms with van der Waals surface area (Å²) in [6.07, 6.45) is 0.307. The van der Waals surface area contributed by atoms with E-state index in [1.165, 1.54) is 35.2 Å². The number of ether oxygens (including phenoxy) is 2. The van der Waals surface area contributed by atoms with Crippen molar-refractivity contribution in [2.75, 3.05) is 24.1 Å². The lowest BCUT2D eigenvalue weighted by molar-refractivity contribution is -0.140. The van der Waals surface area contributed by atoms with Gasteiger partial charge in [-0.25, -0.2) is 12.8 Å². The molecule has 1 heterocycles. The minimum atomic E-state index is -4.35. The highest BCUT2D eigenvalue weighted by Gasteiger charge is 2.34. The number of benzene rings is 3. The Morgan fingerprint density at radius 2 is 1.60 bits per heavy atom. The molecule has 3 aromatic carbocycles. The smallest absolute Gasteiger partial charge is 0.264 e. The van der Waals surface area contributed by atoms with E-state index in [1.54, 1.807) is 6.92 Å². The third kappa shape index (κ3) is 7.20. The Balaban J connectivity index is 1.74. The number of sulfonamides is 1. The summed E-state index contributed by atoms with van der Waals surface area (Å²) in [6, 6.07) is 15.6. The van der Waals surface area contributed by atoms with Crippen molar-refractivity contribution in [3.8, 4) is 11.5 Å². The number of rotatable bonds is 11. The highest BCUT2D eigenvalue weighted by atomic mass is 32.2. The quantitative estimate of drug-likeness (QED) is 0.351. The fraction of sp³-hybridized carbons (Fsp3) is 0.355. The molecule has 0 spiro atoms. The van der Waals surface area contributed by atoms with Gasteiger partial charge in [0, 0.05) is 18.7 Å². The standard InChI is InChI=1S/C31H36FN3O6S/c1-5-27(31(37)33-21(2)3)34(19-23-8-6-22(4)7-9-23)30(36)20-35(25-12-10-24(32)11-13-25)42(38,39)26-14-15-28-29(18-26)41-17-16-40-28/h6-15,18,21,27H,5,16-17,19-20H2,1-4H3,(H,33,37)/t27-/m1/s1. The first-order valence-corrected chi connectivity index (χ1v) is 15.3. The van der Waals surface area contributed by atoms with Gasteiger partial charge in [-0.05, 0) is 69.2 Å². The Morgan fingerprint density at radius 1 is 0.952 bits per heavy atom. The molecule has 3 aromatic rings. The van der Waals surface area contributed by atoms with Gasteiger partial charge in [0.25, 0.3) is 10.0 Å². The summed E-state index contributed by atoms with van der Waals surface area (Å²) in [7, 11) is -4.35. The average molecular weight is 598 g/mol. The monoisotopic (exact) mass is 597 g/mol. The minimum absolute atomic E-state index is 0.0878. The van der Waals surface area contributed by atoms with Gasteiger partial charge < -0.3 is 19.7 Å². The van der Waals surface area contributed by atoms with Crippen LogP contribution in [0.2, 0.25) is 0 Å². The van der Waals surface area contributed by atoms with Crippen LogP contribution in [0.4, 0.5) is 10.1 Å². The van der Waals surface area contributed by atoms with Crippen LogP contribution in [0.1, 0.15) is 38.3 Å². The van der Waals surface area contributed by atoms with Crippen molar-refractivity contribution in [3.63, 3.8) is 0 Å². The molecule has 42 heavy (non-hydrogen) atoms. The maximum absolute atomic E-state index is 14.1. The van der Waals surface area contributed by atoms with Crippen LogP contribution >= 0.6 is 0 Å². The van der Waals surface area contributed by atoms with Crippen LogP contribution in [0, 0.1) is 12.7 Å². The number of carbonyl (C=O) groups excluding carboxylic acids is 2. The molecule has 0 unspecified atom stereocenters. The lowest BCUT2D eigenvalue weighted by atomic mass is 10.1. The zero-order chi connectivity index (χ0) is 30.4. The number of amides is 2. The Hall–Kier alpha value is -4.12. The minimum Gasteiger partial charge on any atom is -0.486 e. The van der Waals surface area contributed by atoms with Gasteiger partial charge in [0.2, 0.25) is 11.8 Å². The summed E-state index contributed by atoms with van der Waals surface area (Å²) in [5.74, 6) is -0.803. The highest BCUT2D eigenvalue weighted by molar-refractivity contribution is 7.92. The van der Waals surface area contributed by atoms with Crippen molar-refractivity contribution in [2.45, 2.75) is 57.6 Å². The van der Waals surface area contributed by atoms with E-state index in [0.717, 1.165) is 27.6 Å². The van der Waals surface area contributed by atoms with Gasteiger partial charge in [-0.15, -0.1) is 0 Å². The van der Waals surface area contributed by atoms with Crippen LogP contribution in [-0.4, -0.2) is 57.0 Å². The second-order valence-electron chi connectivity index (χ2n) is 10.4. The number of anilines is 1. The first kappa shape index (κ1) is 30.8. The van der Waals surface area contributed by atoms with Gasteiger partial charge in [-0.2, -0.15) is 0 Å². The second kappa shape index (κ2) is 13.2. The van der Waals surface area contributed by atoms with Crippen molar-refractivity contribution in [3.05, 3.63) is 83.7 Å². The molecule has 1 aliphatic rings. The van der Waals surface area contributed by atoms with Gasteiger partial charge in [0.1, 0.15) is 31.6 Å². The molecule has 1 N–H and O–H groups in total. The summed E-state index contributed by atoms with van der Waals surface area (Å²) in [4.78, 5) is 28.6. The van der Waals surface area contributed by atoms with Crippen LogP contribution in [-0.2, 0) is 26.2 Å². The summed E-state index contributed by atoms with van der Waals surface area (Å²) in [5, 5.41) is 2.87. The molecule has 0 aliphatic carbocycles. The highest BCUT2D eigenvalue weighted by Crippen LogP contribution is 2.34. The first-order valence-electron chi connectivity index (χ1n) is 13.8. The molecule has 9 nitrogen and oxygen atoms in total. The van der Waals surface area contributed by atoms with Gasteiger partial charge in [0.05, 0.1) is 10.6 Å². The number of aryl methyl sites for hydroxylation is 1. The van der Waals surface area contributed by atoms with Crippen LogP contribution in [0.15, 0.2) is 71.6 Å². The van der Waals surface area contributed by atoms with Crippen molar-refractivity contribution in [1.29, 1.82) is 0 Å². The van der Waals surface area contributed by atoms with E-state index in [4.69, 9.17) is 9.47 Å². The topological polar surface area (TPSA) is 105 Å². The van der Waals surface area contributed by atoms with Crippen LogP contribution in [0.3, 0.4) is 0 Å². The lowest BCUT2D eigenvalue weighted by Gasteiger charge is -2.33. The number of hydrogen-bond acceptors (Lipinski definition) is 6. The maximum atomic E-state index is 14.1. The van der Waals surface area contributed by atoms with Crippen molar-refractivity contribution in [1.82, 2.24) is 10.2 Å². The zero-order valence-corrected chi connectivity index (χ0v) is 25.0. The molecule has 224 valence electrons. The first-order chi connectivity index (χ1) is 20.0. The van der Waals surface area contributed by atoms with E-state index in [0.29, 0.717) is 18.8 Å². The molecule has 0 saturated heterocycles. The summed E-state index contributed by atoms with van der Waals surface area (Å²) >= 11 is 0.